The fraction of sp³-hybridized carbons (Fsp3) is 0. The zero-order chi connectivity index (χ0) is 4.99. The molecule has 42 valence electrons. The molecule has 0 aliphatic carbocycles. The molecule has 0 heterocycles. The summed E-state index contributed by atoms with van der Waals surface area (Å²) in [4.78, 5) is 13.4. The van der Waals surface area contributed by atoms with Gasteiger partial charge in [0.2, 0.25) is 0 Å². The van der Waals surface area contributed by atoms with Crippen molar-refractivity contribution >= 4 is 23.0 Å². The molecule has 0 bridgehead atoms. The molecule has 4 heteroatoms. The van der Waals surface area contributed by atoms with E-state index in [9.17, 15) is 4.79 Å². The molecule has 0 aromatic carbocycles. The average molecular weight is 168 g/mol. The van der Waals surface area contributed by atoms with E-state index >= 15 is 0 Å². The molecular formula is C3H6BrNO2. The zero-order valence-corrected chi connectivity index (χ0v) is 5.30. The molecule has 0 aromatic heterocycles. The van der Waals surface area contributed by atoms with Crippen LogP contribution in [0, 0.1) is 0 Å². The van der Waals surface area contributed by atoms with Crippen molar-refractivity contribution in [2.75, 3.05) is 0 Å². The van der Waals surface area contributed by atoms with E-state index in [1.54, 1.807) is 0 Å². The van der Waals surface area contributed by atoms with E-state index in [4.69, 9.17) is 0 Å². The van der Waals surface area contributed by atoms with E-state index in [1.807, 2.05) is 0 Å². The minimum absolute atomic E-state index is 0. The van der Waals surface area contributed by atoms with Gasteiger partial charge in [0, 0.05) is 6.08 Å². The van der Waals surface area contributed by atoms with Gasteiger partial charge < -0.3 is 4.84 Å². The third-order valence-electron chi connectivity index (χ3n) is 0.283. The maximum absolute atomic E-state index is 9.72. The van der Waals surface area contributed by atoms with Gasteiger partial charge in [0.15, 0.2) is 0 Å². The average Bonchev–Trinajstić information content (AvgIpc) is 1.65. The van der Waals surface area contributed by atoms with E-state index in [-0.39, 0.29) is 17.0 Å². The second-order valence-electron chi connectivity index (χ2n) is 0.641. The molecule has 0 saturated heterocycles. The second kappa shape index (κ2) is 5.65. The lowest BCUT2D eigenvalue weighted by molar-refractivity contribution is -0.138. The summed E-state index contributed by atoms with van der Waals surface area (Å²) in [6.45, 7) is 3.08. The first-order valence-electron chi connectivity index (χ1n) is 1.34. The molecule has 0 amide bonds. The molecular weight excluding hydrogens is 162 g/mol. The lowest BCUT2D eigenvalue weighted by atomic mass is 10.7. The van der Waals surface area contributed by atoms with Crippen molar-refractivity contribution in [1.29, 1.82) is 0 Å². The molecule has 0 atom stereocenters. The van der Waals surface area contributed by atoms with Crippen molar-refractivity contribution in [3.05, 3.63) is 12.7 Å². The Bertz CT molecular complexity index is 73.3. The Morgan fingerprint density at radius 3 is 2.29 bits per heavy atom. The number of hydrogen-bond acceptors (Lipinski definition) is 3. The summed E-state index contributed by atoms with van der Waals surface area (Å²) in [5.41, 5.74) is 0. The van der Waals surface area contributed by atoms with Gasteiger partial charge in [-0.2, -0.15) is 5.90 Å². The maximum Gasteiger partial charge on any atom is 0.348 e. The van der Waals surface area contributed by atoms with E-state index in [0.717, 1.165) is 6.08 Å². The predicted octanol–water partition coefficient (Wildman–Crippen LogP) is 0.167. The summed E-state index contributed by atoms with van der Waals surface area (Å²) in [5, 5.41) is 0. The van der Waals surface area contributed by atoms with Gasteiger partial charge in [-0.15, -0.1) is 17.0 Å². The van der Waals surface area contributed by atoms with Crippen LogP contribution < -0.4 is 5.90 Å². The summed E-state index contributed by atoms with van der Waals surface area (Å²) in [7, 11) is 0. The fourth-order valence-electron chi connectivity index (χ4n) is 0.0481. The Hall–Kier alpha value is -0.350. The Kier molecular flexibility index (Phi) is 7.92. The van der Waals surface area contributed by atoms with Crippen molar-refractivity contribution in [2.45, 2.75) is 0 Å². The van der Waals surface area contributed by atoms with Crippen LogP contribution >= 0.6 is 17.0 Å². The minimum Gasteiger partial charge on any atom is -0.370 e. The third kappa shape index (κ3) is 5.65. The molecule has 0 unspecified atom stereocenters. The van der Waals surface area contributed by atoms with Crippen LogP contribution in [0.5, 0.6) is 0 Å². The van der Waals surface area contributed by atoms with Gasteiger partial charge in [0.25, 0.3) is 0 Å². The van der Waals surface area contributed by atoms with Crippen molar-refractivity contribution in [3.8, 4) is 0 Å². The van der Waals surface area contributed by atoms with Crippen LogP contribution in [0.3, 0.4) is 0 Å². The molecule has 3 nitrogen and oxygen atoms in total. The Morgan fingerprint density at radius 1 is 1.86 bits per heavy atom. The summed E-state index contributed by atoms with van der Waals surface area (Å²) in [6.07, 6.45) is 0.986. The van der Waals surface area contributed by atoms with Crippen LogP contribution in [0.4, 0.5) is 0 Å². The molecule has 0 saturated carbocycles. The van der Waals surface area contributed by atoms with Gasteiger partial charge >= 0.3 is 5.97 Å². The molecule has 0 spiro atoms. The van der Waals surface area contributed by atoms with Gasteiger partial charge in [-0.3, -0.25) is 0 Å². The SMILES string of the molecule is Br.C=CC(=O)ON. The van der Waals surface area contributed by atoms with Crippen molar-refractivity contribution < 1.29 is 9.63 Å². The van der Waals surface area contributed by atoms with Gasteiger partial charge in [-0.05, 0) is 0 Å². The lowest BCUT2D eigenvalue weighted by Crippen LogP contribution is -2.04. The van der Waals surface area contributed by atoms with Gasteiger partial charge in [0.1, 0.15) is 0 Å². The molecule has 0 aromatic rings. The monoisotopic (exact) mass is 167 g/mol. The normalized spacial score (nSPS) is 5.86. The second-order valence-corrected chi connectivity index (χ2v) is 0.641. The highest BCUT2D eigenvalue weighted by atomic mass is 79.9. The molecule has 0 rings (SSSR count). The van der Waals surface area contributed by atoms with Crippen LogP contribution in [0.2, 0.25) is 0 Å². The van der Waals surface area contributed by atoms with E-state index in [1.165, 1.54) is 0 Å². The quantitative estimate of drug-likeness (QED) is 0.448. The summed E-state index contributed by atoms with van der Waals surface area (Å²) in [6, 6.07) is 0. The smallest absolute Gasteiger partial charge is 0.348 e. The van der Waals surface area contributed by atoms with Crippen LogP contribution in [-0.2, 0) is 9.63 Å². The third-order valence-corrected chi connectivity index (χ3v) is 0.283. The van der Waals surface area contributed by atoms with Crippen LogP contribution in [0.15, 0.2) is 12.7 Å². The molecule has 2 N–H and O–H groups in total. The maximum atomic E-state index is 9.72. The van der Waals surface area contributed by atoms with Crippen molar-refractivity contribution in [3.63, 3.8) is 0 Å². The van der Waals surface area contributed by atoms with E-state index in [2.05, 4.69) is 17.3 Å². The van der Waals surface area contributed by atoms with Gasteiger partial charge in [0.05, 0.1) is 0 Å². The first-order valence-corrected chi connectivity index (χ1v) is 1.34. The largest absolute Gasteiger partial charge is 0.370 e. The number of carbonyl (C=O) groups excluding carboxylic acids is 1. The minimum atomic E-state index is -0.616. The van der Waals surface area contributed by atoms with Crippen LogP contribution in [0.1, 0.15) is 0 Å². The Morgan fingerprint density at radius 2 is 2.29 bits per heavy atom. The van der Waals surface area contributed by atoms with Gasteiger partial charge in [-0.25, -0.2) is 4.79 Å². The standard InChI is InChI=1S/C3H5NO2.BrH/c1-2-3(5)6-4;/h2H,1,4H2;1H. The first-order chi connectivity index (χ1) is 2.81. The summed E-state index contributed by atoms with van der Waals surface area (Å²) < 4.78 is 0. The highest BCUT2D eigenvalue weighted by Crippen LogP contribution is 1.64. The van der Waals surface area contributed by atoms with Crippen molar-refractivity contribution in [1.82, 2.24) is 0 Å². The van der Waals surface area contributed by atoms with Crippen LogP contribution in [-0.4, -0.2) is 5.97 Å². The predicted molar refractivity (Wildman–Crippen MR) is 30.8 cm³/mol. The number of hydrogen-bond donors (Lipinski definition) is 1. The van der Waals surface area contributed by atoms with E-state index < -0.39 is 5.97 Å². The fourth-order valence-corrected chi connectivity index (χ4v) is 0.0481. The Labute approximate surface area is 51.9 Å². The number of carbonyl (C=O) groups is 1. The van der Waals surface area contributed by atoms with Crippen LogP contribution in [0.25, 0.3) is 0 Å². The lowest BCUT2D eigenvalue weighted by Gasteiger charge is -1.81. The number of halogens is 1. The molecule has 0 fully saturated rings. The topological polar surface area (TPSA) is 52.3 Å². The van der Waals surface area contributed by atoms with E-state index in [0.29, 0.717) is 0 Å². The highest BCUT2D eigenvalue weighted by molar-refractivity contribution is 8.93. The van der Waals surface area contributed by atoms with Crippen molar-refractivity contribution in [2.24, 2.45) is 5.90 Å². The number of nitrogens with two attached hydrogens (primary N) is 1. The zero-order valence-electron chi connectivity index (χ0n) is 3.59. The number of rotatable bonds is 1. The first kappa shape index (κ1) is 9.82. The van der Waals surface area contributed by atoms with Gasteiger partial charge in [-0.1, -0.05) is 6.58 Å². The molecule has 0 radical (unpaired) electrons. The highest BCUT2D eigenvalue weighted by Gasteiger charge is 1.83. The summed E-state index contributed by atoms with van der Waals surface area (Å²) >= 11 is 0. The Balaban J connectivity index is 0. The molecule has 7 heavy (non-hydrogen) atoms. The summed E-state index contributed by atoms with van der Waals surface area (Å²) in [5.74, 6) is 3.75. The molecule has 0 aliphatic rings. The molecule has 0 aliphatic heterocycles.